The van der Waals surface area contributed by atoms with E-state index in [-0.39, 0.29) is 5.91 Å². The van der Waals surface area contributed by atoms with Crippen LogP contribution in [0.3, 0.4) is 0 Å². The Kier molecular flexibility index (Phi) is 5.74. The summed E-state index contributed by atoms with van der Waals surface area (Å²) < 4.78 is 0.930. The fourth-order valence-electron chi connectivity index (χ4n) is 2.27. The molecule has 0 bridgehead atoms. The van der Waals surface area contributed by atoms with Gasteiger partial charge in [-0.05, 0) is 40.0 Å². The first kappa shape index (κ1) is 17.1. The van der Waals surface area contributed by atoms with Crippen LogP contribution in [0.2, 0.25) is 0 Å². The zero-order valence-corrected chi connectivity index (χ0v) is 15.0. The lowest BCUT2D eigenvalue weighted by Gasteiger charge is -2.08. The smallest absolute Gasteiger partial charge is 0.271 e. The molecule has 0 atom stereocenters. The number of nitrogens with zero attached hydrogens (tertiary/aromatic N) is 2. The fourth-order valence-corrected chi connectivity index (χ4v) is 2.65. The van der Waals surface area contributed by atoms with Crippen molar-refractivity contribution in [1.29, 1.82) is 0 Å². The van der Waals surface area contributed by atoms with Crippen LogP contribution in [0.5, 0.6) is 0 Å². The molecule has 6 heteroatoms. The van der Waals surface area contributed by atoms with Crippen LogP contribution in [0.4, 0.5) is 11.5 Å². The molecule has 126 valence electrons. The number of nitrogens with one attached hydrogen (secondary N) is 2. The standard InChI is InChI=1S/C19H17BrN4O/c20-15-8-4-5-9-16(15)24-18-13-22-17(12-23-18)19(25)21-11-10-14-6-2-1-3-7-14/h1-9,12-13H,10-11H2,(H,21,25)(H,23,24). The first-order valence-electron chi connectivity index (χ1n) is 7.88. The lowest BCUT2D eigenvalue weighted by atomic mass is 10.1. The molecule has 0 spiro atoms. The van der Waals surface area contributed by atoms with E-state index in [1.165, 1.54) is 11.8 Å². The zero-order chi connectivity index (χ0) is 17.5. The lowest BCUT2D eigenvalue weighted by molar-refractivity contribution is 0.0949. The summed E-state index contributed by atoms with van der Waals surface area (Å²) in [6.45, 7) is 0.557. The fraction of sp³-hybridized carbons (Fsp3) is 0.105. The van der Waals surface area contributed by atoms with Gasteiger partial charge in [0.05, 0.1) is 18.1 Å². The number of anilines is 2. The van der Waals surface area contributed by atoms with E-state index in [1.807, 2.05) is 54.6 Å². The molecule has 0 fully saturated rings. The molecule has 1 aromatic heterocycles. The molecule has 0 unspecified atom stereocenters. The van der Waals surface area contributed by atoms with Gasteiger partial charge in [0, 0.05) is 11.0 Å². The summed E-state index contributed by atoms with van der Waals surface area (Å²) in [4.78, 5) is 20.5. The molecule has 2 aromatic carbocycles. The van der Waals surface area contributed by atoms with Crippen molar-refractivity contribution in [3.63, 3.8) is 0 Å². The van der Waals surface area contributed by atoms with E-state index in [9.17, 15) is 4.79 Å². The minimum Gasteiger partial charge on any atom is -0.350 e. The van der Waals surface area contributed by atoms with E-state index in [1.54, 1.807) is 6.20 Å². The first-order chi connectivity index (χ1) is 12.2. The summed E-state index contributed by atoms with van der Waals surface area (Å²) in [5.41, 5.74) is 2.37. The third kappa shape index (κ3) is 4.87. The topological polar surface area (TPSA) is 66.9 Å². The van der Waals surface area contributed by atoms with Gasteiger partial charge < -0.3 is 10.6 Å². The van der Waals surface area contributed by atoms with Crippen molar-refractivity contribution in [2.45, 2.75) is 6.42 Å². The van der Waals surface area contributed by atoms with Crippen LogP contribution in [0.15, 0.2) is 71.5 Å². The molecule has 1 amide bonds. The van der Waals surface area contributed by atoms with Crippen LogP contribution < -0.4 is 10.6 Å². The minimum absolute atomic E-state index is 0.226. The predicted octanol–water partition coefficient (Wildman–Crippen LogP) is 3.96. The van der Waals surface area contributed by atoms with Gasteiger partial charge in [-0.25, -0.2) is 9.97 Å². The highest BCUT2D eigenvalue weighted by atomic mass is 79.9. The van der Waals surface area contributed by atoms with E-state index in [2.05, 4.69) is 36.5 Å². The Balaban J connectivity index is 1.54. The quantitative estimate of drug-likeness (QED) is 0.661. The summed E-state index contributed by atoms with van der Waals surface area (Å²) in [6.07, 6.45) is 3.80. The van der Waals surface area contributed by atoms with Gasteiger partial charge in [-0.15, -0.1) is 0 Å². The maximum Gasteiger partial charge on any atom is 0.271 e. The molecule has 5 nitrogen and oxygen atoms in total. The van der Waals surface area contributed by atoms with Gasteiger partial charge in [0.15, 0.2) is 0 Å². The normalized spacial score (nSPS) is 10.3. The molecule has 0 saturated heterocycles. The van der Waals surface area contributed by atoms with Gasteiger partial charge in [0.25, 0.3) is 5.91 Å². The van der Waals surface area contributed by atoms with Crippen LogP contribution in [-0.4, -0.2) is 22.4 Å². The Morgan fingerprint density at radius 2 is 1.72 bits per heavy atom. The molecule has 2 N–H and O–H groups in total. The summed E-state index contributed by atoms with van der Waals surface area (Å²) in [5, 5.41) is 6.01. The predicted molar refractivity (Wildman–Crippen MR) is 102 cm³/mol. The van der Waals surface area contributed by atoms with Crippen LogP contribution in [-0.2, 0) is 6.42 Å². The van der Waals surface area contributed by atoms with E-state index < -0.39 is 0 Å². The van der Waals surface area contributed by atoms with Crippen LogP contribution in [0.25, 0.3) is 0 Å². The van der Waals surface area contributed by atoms with Gasteiger partial charge in [0.2, 0.25) is 0 Å². The Hall–Kier alpha value is -2.73. The minimum atomic E-state index is -0.226. The van der Waals surface area contributed by atoms with E-state index in [0.29, 0.717) is 18.1 Å². The second kappa shape index (κ2) is 8.39. The summed E-state index contributed by atoms with van der Waals surface area (Å²) in [5.74, 6) is 0.351. The lowest BCUT2D eigenvalue weighted by Crippen LogP contribution is -2.26. The molecule has 0 aliphatic heterocycles. The van der Waals surface area contributed by atoms with E-state index in [0.717, 1.165) is 16.6 Å². The number of hydrogen-bond donors (Lipinski definition) is 2. The number of para-hydroxylation sites is 1. The third-order valence-corrected chi connectivity index (χ3v) is 4.25. The third-order valence-electron chi connectivity index (χ3n) is 3.56. The number of carbonyl (C=O) groups excluding carboxylic acids is 1. The van der Waals surface area contributed by atoms with E-state index in [4.69, 9.17) is 0 Å². The molecule has 3 aromatic rings. The monoisotopic (exact) mass is 396 g/mol. The highest BCUT2D eigenvalue weighted by molar-refractivity contribution is 9.10. The molecule has 0 aliphatic carbocycles. The Labute approximate surface area is 154 Å². The average molecular weight is 397 g/mol. The molecule has 25 heavy (non-hydrogen) atoms. The zero-order valence-electron chi connectivity index (χ0n) is 13.4. The SMILES string of the molecule is O=C(NCCc1ccccc1)c1cnc(Nc2ccccc2Br)cn1. The molecule has 1 heterocycles. The maximum absolute atomic E-state index is 12.1. The Morgan fingerprint density at radius 3 is 2.44 bits per heavy atom. The van der Waals surface area contributed by atoms with Gasteiger partial charge in [-0.3, -0.25) is 4.79 Å². The molecule has 0 saturated carbocycles. The molecule has 3 rings (SSSR count). The molecular formula is C19H17BrN4O. The van der Waals surface area contributed by atoms with Gasteiger partial charge in [-0.2, -0.15) is 0 Å². The molecule has 0 aliphatic rings. The second-order valence-corrected chi connectivity index (χ2v) is 6.24. The van der Waals surface area contributed by atoms with E-state index >= 15 is 0 Å². The summed E-state index contributed by atoms with van der Waals surface area (Å²) in [6, 6.07) is 17.7. The van der Waals surface area contributed by atoms with Crippen molar-refractivity contribution in [3.8, 4) is 0 Å². The summed E-state index contributed by atoms with van der Waals surface area (Å²) in [7, 11) is 0. The number of carbonyl (C=O) groups is 1. The van der Waals surface area contributed by atoms with Crippen LogP contribution in [0.1, 0.15) is 16.1 Å². The van der Waals surface area contributed by atoms with Crippen LogP contribution >= 0.6 is 15.9 Å². The highest BCUT2D eigenvalue weighted by Crippen LogP contribution is 2.23. The molecule has 0 radical (unpaired) electrons. The average Bonchev–Trinajstić information content (AvgIpc) is 2.65. The first-order valence-corrected chi connectivity index (χ1v) is 8.67. The second-order valence-electron chi connectivity index (χ2n) is 5.38. The van der Waals surface area contributed by atoms with Crippen molar-refractivity contribution in [2.75, 3.05) is 11.9 Å². The summed E-state index contributed by atoms with van der Waals surface area (Å²) >= 11 is 3.46. The number of aromatic nitrogens is 2. The highest BCUT2D eigenvalue weighted by Gasteiger charge is 2.08. The van der Waals surface area contributed by atoms with Crippen molar-refractivity contribution in [2.24, 2.45) is 0 Å². The largest absolute Gasteiger partial charge is 0.350 e. The van der Waals surface area contributed by atoms with Crippen molar-refractivity contribution in [3.05, 3.63) is 82.7 Å². The number of rotatable bonds is 6. The number of amides is 1. The number of benzene rings is 2. The maximum atomic E-state index is 12.1. The van der Waals surface area contributed by atoms with Crippen molar-refractivity contribution < 1.29 is 4.79 Å². The number of halogens is 1. The van der Waals surface area contributed by atoms with Gasteiger partial charge >= 0.3 is 0 Å². The number of hydrogen-bond acceptors (Lipinski definition) is 4. The van der Waals surface area contributed by atoms with Crippen molar-refractivity contribution >= 4 is 33.3 Å². The molecular weight excluding hydrogens is 380 g/mol. The van der Waals surface area contributed by atoms with Crippen molar-refractivity contribution in [1.82, 2.24) is 15.3 Å². The van der Waals surface area contributed by atoms with Crippen LogP contribution in [0, 0.1) is 0 Å². The Bertz CT molecular complexity index is 838. The Morgan fingerprint density at radius 1 is 0.960 bits per heavy atom. The van der Waals surface area contributed by atoms with Gasteiger partial charge in [0.1, 0.15) is 11.5 Å². The van der Waals surface area contributed by atoms with Gasteiger partial charge in [-0.1, -0.05) is 42.5 Å².